The average molecular weight is 310 g/mol. The molecule has 0 saturated heterocycles. The van der Waals surface area contributed by atoms with E-state index in [-0.39, 0.29) is 5.69 Å². The quantitative estimate of drug-likeness (QED) is 0.813. The summed E-state index contributed by atoms with van der Waals surface area (Å²) in [4.78, 5) is 15.7. The zero-order chi connectivity index (χ0) is 13.1. The number of carbonyl (C=O) groups is 1. The van der Waals surface area contributed by atoms with E-state index in [0.29, 0.717) is 12.4 Å². The summed E-state index contributed by atoms with van der Waals surface area (Å²) in [5.41, 5.74) is 2.02. The highest BCUT2D eigenvalue weighted by atomic mass is 79.9. The molecular formula is C13H12BrNO3. The minimum Gasteiger partial charge on any atom is -0.461 e. The van der Waals surface area contributed by atoms with Gasteiger partial charge in [-0.3, -0.25) is 0 Å². The number of hydrogen-bond donors (Lipinski definition) is 0. The van der Waals surface area contributed by atoms with Crippen molar-refractivity contribution in [3.8, 4) is 11.3 Å². The molecule has 4 nitrogen and oxygen atoms in total. The molecular weight excluding hydrogens is 298 g/mol. The van der Waals surface area contributed by atoms with Crippen LogP contribution in [0.1, 0.15) is 23.0 Å². The first-order valence-corrected chi connectivity index (χ1v) is 6.30. The lowest BCUT2D eigenvalue weighted by atomic mass is 10.1. The molecule has 94 valence electrons. The van der Waals surface area contributed by atoms with Crippen LogP contribution < -0.4 is 0 Å². The Morgan fingerprint density at radius 3 is 3.00 bits per heavy atom. The Balaban J connectivity index is 2.49. The highest BCUT2D eigenvalue weighted by molar-refractivity contribution is 9.10. The monoisotopic (exact) mass is 309 g/mol. The van der Waals surface area contributed by atoms with Crippen LogP contribution in [0.4, 0.5) is 0 Å². The molecule has 1 heterocycles. The van der Waals surface area contributed by atoms with Gasteiger partial charge < -0.3 is 9.15 Å². The number of benzene rings is 1. The number of aromatic nitrogens is 1. The van der Waals surface area contributed by atoms with Crippen LogP contribution in [0.15, 0.2) is 33.5 Å². The third-order valence-corrected chi connectivity index (χ3v) is 3.41. The summed E-state index contributed by atoms with van der Waals surface area (Å²) in [6, 6.07) is 5.69. The standard InChI is InChI=1S/C13H12BrNO3/c1-3-17-13(16)11-12(18-7-15-11)9-5-4-6-10(14)8(9)2/h4-7H,3H2,1-2H3. The lowest BCUT2D eigenvalue weighted by Crippen LogP contribution is -2.06. The molecule has 0 bridgehead atoms. The lowest BCUT2D eigenvalue weighted by Gasteiger charge is -2.06. The number of oxazole rings is 1. The van der Waals surface area contributed by atoms with E-state index in [2.05, 4.69) is 20.9 Å². The van der Waals surface area contributed by atoms with Gasteiger partial charge in [0, 0.05) is 10.0 Å². The van der Waals surface area contributed by atoms with Gasteiger partial charge in [0.05, 0.1) is 6.61 Å². The predicted molar refractivity (Wildman–Crippen MR) is 70.3 cm³/mol. The maximum Gasteiger partial charge on any atom is 0.360 e. The Hall–Kier alpha value is -1.62. The van der Waals surface area contributed by atoms with E-state index >= 15 is 0 Å². The number of carbonyl (C=O) groups excluding carboxylic acids is 1. The first-order chi connectivity index (χ1) is 8.65. The van der Waals surface area contributed by atoms with Crippen molar-refractivity contribution in [3.63, 3.8) is 0 Å². The Morgan fingerprint density at radius 1 is 1.50 bits per heavy atom. The summed E-state index contributed by atoms with van der Waals surface area (Å²) in [6.45, 7) is 4.00. The molecule has 1 aromatic carbocycles. The van der Waals surface area contributed by atoms with Crippen LogP contribution in [0, 0.1) is 6.92 Å². The summed E-state index contributed by atoms with van der Waals surface area (Å²) < 4.78 is 11.2. The van der Waals surface area contributed by atoms with Gasteiger partial charge in [-0.2, -0.15) is 0 Å². The van der Waals surface area contributed by atoms with Crippen molar-refractivity contribution in [2.24, 2.45) is 0 Å². The van der Waals surface area contributed by atoms with Crippen LogP contribution in [0.2, 0.25) is 0 Å². The van der Waals surface area contributed by atoms with Crippen LogP contribution in [0.25, 0.3) is 11.3 Å². The van der Waals surface area contributed by atoms with Crippen molar-refractivity contribution in [3.05, 3.63) is 40.3 Å². The van der Waals surface area contributed by atoms with Crippen molar-refractivity contribution < 1.29 is 13.9 Å². The van der Waals surface area contributed by atoms with Crippen molar-refractivity contribution in [1.29, 1.82) is 0 Å². The second-order valence-corrected chi connectivity index (χ2v) is 4.52. The van der Waals surface area contributed by atoms with Gasteiger partial charge in [0.25, 0.3) is 0 Å². The minimum absolute atomic E-state index is 0.207. The summed E-state index contributed by atoms with van der Waals surface area (Å²) >= 11 is 3.45. The fraction of sp³-hybridized carbons (Fsp3) is 0.231. The summed E-state index contributed by atoms with van der Waals surface area (Å²) in [5, 5.41) is 0. The Bertz CT molecular complexity index is 577. The van der Waals surface area contributed by atoms with Crippen LogP contribution >= 0.6 is 15.9 Å². The van der Waals surface area contributed by atoms with Crippen LogP contribution in [0.3, 0.4) is 0 Å². The molecule has 0 aliphatic carbocycles. The minimum atomic E-state index is -0.472. The van der Waals surface area contributed by atoms with Gasteiger partial charge in [-0.05, 0) is 25.5 Å². The molecule has 0 fully saturated rings. The van der Waals surface area contributed by atoms with E-state index in [1.54, 1.807) is 6.92 Å². The molecule has 0 saturated carbocycles. The summed E-state index contributed by atoms with van der Waals surface area (Å²) in [6.07, 6.45) is 1.25. The molecule has 2 rings (SSSR count). The molecule has 0 unspecified atom stereocenters. The van der Waals surface area contributed by atoms with Crippen molar-refractivity contribution >= 4 is 21.9 Å². The number of esters is 1. The van der Waals surface area contributed by atoms with E-state index in [4.69, 9.17) is 9.15 Å². The van der Waals surface area contributed by atoms with Crippen LogP contribution in [-0.4, -0.2) is 17.6 Å². The second-order valence-electron chi connectivity index (χ2n) is 3.66. The largest absolute Gasteiger partial charge is 0.461 e. The van der Waals surface area contributed by atoms with Gasteiger partial charge in [-0.1, -0.05) is 28.1 Å². The fourth-order valence-corrected chi connectivity index (χ4v) is 2.00. The molecule has 0 aliphatic rings. The molecule has 0 aliphatic heterocycles. The van der Waals surface area contributed by atoms with Crippen LogP contribution in [-0.2, 0) is 4.74 Å². The average Bonchev–Trinajstić information content (AvgIpc) is 2.82. The Morgan fingerprint density at radius 2 is 2.28 bits per heavy atom. The molecule has 0 amide bonds. The number of rotatable bonds is 3. The van der Waals surface area contributed by atoms with Gasteiger partial charge in [0.2, 0.25) is 0 Å². The number of hydrogen-bond acceptors (Lipinski definition) is 4. The Labute approximate surface area is 113 Å². The number of nitrogens with zero attached hydrogens (tertiary/aromatic N) is 1. The van der Waals surface area contributed by atoms with Gasteiger partial charge in [0.15, 0.2) is 17.8 Å². The van der Waals surface area contributed by atoms with E-state index in [9.17, 15) is 4.79 Å². The van der Waals surface area contributed by atoms with E-state index in [1.807, 2.05) is 25.1 Å². The zero-order valence-corrected chi connectivity index (χ0v) is 11.7. The zero-order valence-electron chi connectivity index (χ0n) is 10.1. The third kappa shape index (κ3) is 2.31. The maximum absolute atomic E-state index is 11.7. The highest BCUT2D eigenvalue weighted by Crippen LogP contribution is 2.30. The maximum atomic E-state index is 11.7. The topological polar surface area (TPSA) is 52.3 Å². The summed E-state index contributed by atoms with van der Waals surface area (Å²) in [5.74, 6) is -0.0344. The van der Waals surface area contributed by atoms with E-state index < -0.39 is 5.97 Å². The molecule has 0 atom stereocenters. The van der Waals surface area contributed by atoms with Gasteiger partial charge in [-0.15, -0.1) is 0 Å². The Kier molecular flexibility index (Phi) is 3.81. The normalized spacial score (nSPS) is 10.4. The molecule has 0 spiro atoms. The van der Waals surface area contributed by atoms with E-state index in [1.165, 1.54) is 6.39 Å². The fourth-order valence-electron chi connectivity index (χ4n) is 1.64. The van der Waals surface area contributed by atoms with Gasteiger partial charge in [-0.25, -0.2) is 9.78 Å². The van der Waals surface area contributed by atoms with Crippen molar-refractivity contribution in [2.45, 2.75) is 13.8 Å². The second kappa shape index (κ2) is 5.35. The molecule has 0 radical (unpaired) electrons. The van der Waals surface area contributed by atoms with Crippen LogP contribution in [0.5, 0.6) is 0 Å². The van der Waals surface area contributed by atoms with Gasteiger partial charge >= 0.3 is 5.97 Å². The first kappa shape index (κ1) is 12.8. The smallest absolute Gasteiger partial charge is 0.360 e. The SMILES string of the molecule is CCOC(=O)c1ncoc1-c1cccc(Br)c1C. The molecule has 1 aromatic heterocycles. The molecule has 18 heavy (non-hydrogen) atoms. The lowest BCUT2D eigenvalue weighted by molar-refractivity contribution is 0.0520. The summed E-state index contributed by atoms with van der Waals surface area (Å²) in [7, 11) is 0. The molecule has 5 heteroatoms. The molecule has 0 N–H and O–H groups in total. The molecule has 2 aromatic rings. The van der Waals surface area contributed by atoms with Crippen molar-refractivity contribution in [1.82, 2.24) is 4.98 Å². The number of ether oxygens (including phenoxy) is 1. The highest BCUT2D eigenvalue weighted by Gasteiger charge is 2.20. The van der Waals surface area contributed by atoms with Gasteiger partial charge in [0.1, 0.15) is 0 Å². The van der Waals surface area contributed by atoms with Crippen molar-refractivity contribution in [2.75, 3.05) is 6.61 Å². The third-order valence-electron chi connectivity index (χ3n) is 2.55. The number of halogens is 1. The predicted octanol–water partition coefficient (Wildman–Crippen LogP) is 3.59. The van der Waals surface area contributed by atoms with E-state index in [0.717, 1.165) is 15.6 Å². The first-order valence-electron chi connectivity index (χ1n) is 5.51.